The largest absolute Gasteiger partial charge is 0.471 e. The van der Waals surface area contributed by atoms with Gasteiger partial charge in [0.1, 0.15) is 0 Å². The van der Waals surface area contributed by atoms with Gasteiger partial charge in [-0.15, -0.1) is 11.3 Å². The van der Waals surface area contributed by atoms with Crippen LogP contribution in [0.1, 0.15) is 10.8 Å². The Hall–Kier alpha value is -2.68. The smallest absolute Gasteiger partial charge is 0.329 e. The van der Waals surface area contributed by atoms with Gasteiger partial charge in [0.05, 0.1) is 5.69 Å². The van der Waals surface area contributed by atoms with Crippen LogP contribution in [0.25, 0.3) is 27.6 Å². The molecule has 0 atom stereocenters. The molecule has 122 valence electrons. The number of fused-ring (bicyclic) bond motifs is 1. The van der Waals surface area contributed by atoms with Crippen molar-refractivity contribution in [3.8, 4) is 22.6 Å². The van der Waals surface area contributed by atoms with Crippen LogP contribution in [0, 0.1) is 6.92 Å². The molecule has 9 heteroatoms. The lowest BCUT2D eigenvalue weighted by Crippen LogP contribution is -2.04. The molecule has 0 amide bonds. The summed E-state index contributed by atoms with van der Waals surface area (Å²) >= 11 is 1.56. The molecule has 0 aliphatic heterocycles. The topological polar surface area (TPSA) is 56.2 Å². The molecule has 0 unspecified atom stereocenters. The van der Waals surface area contributed by atoms with Crippen LogP contribution in [0.3, 0.4) is 0 Å². The van der Waals surface area contributed by atoms with Gasteiger partial charge in [0.2, 0.25) is 5.82 Å². The number of imidazole rings is 1. The fourth-order valence-corrected chi connectivity index (χ4v) is 3.13. The van der Waals surface area contributed by atoms with E-state index in [0.29, 0.717) is 5.56 Å². The number of hydrogen-bond donors (Lipinski definition) is 0. The van der Waals surface area contributed by atoms with Crippen LogP contribution in [0.2, 0.25) is 0 Å². The van der Waals surface area contributed by atoms with Crippen LogP contribution in [-0.4, -0.2) is 19.5 Å². The maximum absolute atomic E-state index is 12.6. The van der Waals surface area contributed by atoms with Crippen LogP contribution < -0.4 is 0 Å². The van der Waals surface area contributed by atoms with Crippen LogP contribution >= 0.6 is 11.3 Å². The van der Waals surface area contributed by atoms with Crippen LogP contribution in [-0.2, 0) is 6.18 Å². The van der Waals surface area contributed by atoms with Gasteiger partial charge in [0.15, 0.2) is 4.96 Å². The highest BCUT2D eigenvalue weighted by Crippen LogP contribution is 2.31. The van der Waals surface area contributed by atoms with Crippen LogP contribution in [0.5, 0.6) is 0 Å². The Labute approximate surface area is 137 Å². The summed E-state index contributed by atoms with van der Waals surface area (Å²) in [5.41, 5.74) is 1.92. The van der Waals surface area contributed by atoms with Crippen molar-refractivity contribution >= 4 is 16.3 Å². The third kappa shape index (κ3) is 2.56. The number of aryl methyl sites for hydroxylation is 1. The molecule has 24 heavy (non-hydrogen) atoms. The molecule has 0 bridgehead atoms. The summed E-state index contributed by atoms with van der Waals surface area (Å²) in [4.78, 5) is 9.92. The molecule has 0 radical (unpaired) electrons. The predicted octanol–water partition coefficient (Wildman–Crippen LogP) is 4.44. The standard InChI is InChI=1S/C15H9F3N4OS/c1-8-6-22-7-11(19-14(22)24-8)9-3-2-4-10(5-9)12-20-13(23-21-12)15(16,17)18/h2-7H,1H3. The first kappa shape index (κ1) is 14.9. The maximum atomic E-state index is 12.6. The number of nitrogens with zero attached hydrogens (tertiary/aromatic N) is 4. The monoisotopic (exact) mass is 350 g/mol. The van der Waals surface area contributed by atoms with E-state index in [1.54, 1.807) is 29.5 Å². The molecule has 1 aromatic carbocycles. The Balaban J connectivity index is 1.73. The van der Waals surface area contributed by atoms with Crippen molar-refractivity contribution in [2.24, 2.45) is 0 Å². The van der Waals surface area contributed by atoms with Crippen molar-refractivity contribution < 1.29 is 17.7 Å². The van der Waals surface area contributed by atoms with Gasteiger partial charge in [-0.05, 0) is 13.0 Å². The minimum absolute atomic E-state index is 0.110. The molecule has 0 aliphatic carbocycles. The highest BCUT2D eigenvalue weighted by Gasteiger charge is 2.38. The zero-order valence-electron chi connectivity index (χ0n) is 12.2. The molecule has 3 aromatic heterocycles. The lowest BCUT2D eigenvalue weighted by molar-refractivity contribution is -0.159. The number of hydrogen-bond acceptors (Lipinski definition) is 5. The Bertz CT molecular complexity index is 999. The fraction of sp³-hybridized carbons (Fsp3) is 0.133. The maximum Gasteiger partial charge on any atom is 0.471 e. The number of alkyl halides is 3. The van der Waals surface area contributed by atoms with E-state index in [4.69, 9.17) is 0 Å². The highest BCUT2D eigenvalue weighted by atomic mass is 32.1. The SMILES string of the molecule is Cc1cn2cc(-c3cccc(-c4noc(C(F)(F)F)n4)c3)nc2s1. The van der Waals surface area contributed by atoms with Crippen molar-refractivity contribution in [1.29, 1.82) is 0 Å². The Morgan fingerprint density at radius 2 is 1.92 bits per heavy atom. The van der Waals surface area contributed by atoms with Gasteiger partial charge in [-0.3, -0.25) is 4.40 Å². The molecule has 0 spiro atoms. The van der Waals surface area contributed by atoms with E-state index in [2.05, 4.69) is 19.6 Å². The van der Waals surface area contributed by atoms with E-state index in [9.17, 15) is 13.2 Å². The third-order valence-corrected chi connectivity index (χ3v) is 4.27. The molecule has 0 saturated carbocycles. The van der Waals surface area contributed by atoms with E-state index in [0.717, 1.165) is 21.1 Å². The molecule has 4 rings (SSSR count). The predicted molar refractivity (Wildman–Crippen MR) is 81.5 cm³/mol. The summed E-state index contributed by atoms with van der Waals surface area (Å²) in [6.45, 7) is 1.99. The highest BCUT2D eigenvalue weighted by molar-refractivity contribution is 7.17. The molecular formula is C15H9F3N4OS. The van der Waals surface area contributed by atoms with Gasteiger partial charge in [0.25, 0.3) is 0 Å². The summed E-state index contributed by atoms with van der Waals surface area (Å²) in [6, 6.07) is 6.85. The minimum atomic E-state index is -4.66. The zero-order chi connectivity index (χ0) is 16.9. The van der Waals surface area contributed by atoms with Crippen LogP contribution in [0.4, 0.5) is 13.2 Å². The second-order valence-corrected chi connectivity index (χ2v) is 6.37. The second-order valence-electron chi connectivity index (χ2n) is 5.16. The Kier molecular flexibility index (Phi) is 3.20. The first-order valence-electron chi connectivity index (χ1n) is 6.87. The average Bonchev–Trinajstić information content (AvgIpc) is 3.20. The lowest BCUT2D eigenvalue weighted by Gasteiger charge is -1.99. The van der Waals surface area contributed by atoms with E-state index in [1.807, 2.05) is 29.8 Å². The number of halogens is 3. The van der Waals surface area contributed by atoms with Crippen molar-refractivity contribution in [1.82, 2.24) is 19.5 Å². The van der Waals surface area contributed by atoms with E-state index < -0.39 is 12.1 Å². The summed E-state index contributed by atoms with van der Waals surface area (Å²) in [7, 11) is 0. The molecule has 0 fully saturated rings. The van der Waals surface area contributed by atoms with E-state index >= 15 is 0 Å². The molecule has 0 aliphatic rings. The fourth-order valence-electron chi connectivity index (χ4n) is 2.32. The number of aromatic nitrogens is 4. The second kappa shape index (κ2) is 5.17. The average molecular weight is 350 g/mol. The summed E-state index contributed by atoms with van der Waals surface area (Å²) in [5.74, 6) is -1.47. The number of thiazole rings is 1. The van der Waals surface area contributed by atoms with Gasteiger partial charge >= 0.3 is 12.1 Å². The molecule has 4 aromatic rings. The molecule has 0 saturated heterocycles. The molecular weight excluding hydrogens is 341 g/mol. The summed E-state index contributed by atoms with van der Waals surface area (Å²) < 4.78 is 43.9. The molecule has 0 N–H and O–H groups in total. The Morgan fingerprint density at radius 3 is 2.62 bits per heavy atom. The van der Waals surface area contributed by atoms with Gasteiger partial charge in [0, 0.05) is 28.4 Å². The van der Waals surface area contributed by atoms with E-state index in [1.165, 1.54) is 0 Å². The first-order chi connectivity index (χ1) is 11.4. The van der Waals surface area contributed by atoms with Crippen molar-refractivity contribution in [3.05, 3.63) is 47.4 Å². The normalized spacial score (nSPS) is 12.2. The quantitative estimate of drug-likeness (QED) is 0.536. The zero-order valence-corrected chi connectivity index (χ0v) is 13.0. The molecule has 3 heterocycles. The van der Waals surface area contributed by atoms with Crippen LogP contribution in [0.15, 0.2) is 41.2 Å². The third-order valence-electron chi connectivity index (χ3n) is 3.36. The lowest BCUT2D eigenvalue weighted by atomic mass is 10.1. The van der Waals surface area contributed by atoms with Crippen molar-refractivity contribution in [2.45, 2.75) is 13.1 Å². The first-order valence-corrected chi connectivity index (χ1v) is 7.69. The van der Waals surface area contributed by atoms with Gasteiger partial charge in [-0.2, -0.15) is 18.2 Å². The number of rotatable bonds is 2. The molecule has 5 nitrogen and oxygen atoms in total. The van der Waals surface area contributed by atoms with Crippen molar-refractivity contribution in [2.75, 3.05) is 0 Å². The summed E-state index contributed by atoms with van der Waals surface area (Å²) in [6.07, 6.45) is -0.820. The minimum Gasteiger partial charge on any atom is -0.329 e. The van der Waals surface area contributed by atoms with E-state index in [-0.39, 0.29) is 5.82 Å². The summed E-state index contributed by atoms with van der Waals surface area (Å²) in [5, 5.41) is 3.40. The van der Waals surface area contributed by atoms with Gasteiger partial charge in [-0.25, -0.2) is 4.98 Å². The van der Waals surface area contributed by atoms with Gasteiger partial charge in [-0.1, -0.05) is 23.4 Å². The number of benzene rings is 1. The van der Waals surface area contributed by atoms with Crippen molar-refractivity contribution in [3.63, 3.8) is 0 Å². The Morgan fingerprint density at radius 1 is 1.12 bits per heavy atom. The van der Waals surface area contributed by atoms with Gasteiger partial charge < -0.3 is 4.52 Å².